The maximum atomic E-state index is 11.3. The molecule has 0 aliphatic heterocycles. The Labute approximate surface area is 116 Å². The Morgan fingerprint density at radius 2 is 2.30 bits per heavy atom. The number of carbonyl (C=O) groups is 2. The van der Waals surface area contributed by atoms with Crippen LogP contribution in [0.3, 0.4) is 0 Å². The zero-order chi connectivity index (χ0) is 15.0. The molecule has 2 N–H and O–H groups in total. The number of hydrogen-bond donors (Lipinski definition) is 2. The molecule has 0 spiro atoms. The first-order valence-electron chi connectivity index (χ1n) is 5.82. The van der Waals surface area contributed by atoms with Crippen molar-refractivity contribution in [2.45, 2.75) is 12.5 Å². The number of nitrogens with zero attached hydrogens (tertiary/aromatic N) is 1. The second-order valence-corrected chi connectivity index (χ2v) is 3.84. The first kappa shape index (κ1) is 15.5. The summed E-state index contributed by atoms with van der Waals surface area (Å²) in [6, 6.07) is 2.20. The van der Waals surface area contributed by atoms with E-state index in [0.29, 0.717) is 11.4 Å². The highest BCUT2D eigenvalue weighted by molar-refractivity contribution is 5.80. The Bertz CT molecular complexity index is 472. The van der Waals surface area contributed by atoms with Crippen molar-refractivity contribution in [1.82, 2.24) is 10.3 Å². The molecule has 0 saturated heterocycles. The molecule has 0 aliphatic rings. The second kappa shape index (κ2) is 7.78. The van der Waals surface area contributed by atoms with Gasteiger partial charge in [-0.2, -0.15) is 0 Å². The van der Waals surface area contributed by atoms with E-state index in [1.807, 2.05) is 0 Å². The molecule has 1 heterocycles. The zero-order valence-electron chi connectivity index (χ0n) is 11.0. The number of carboxylic acid groups (broad SMARTS) is 1. The summed E-state index contributed by atoms with van der Waals surface area (Å²) in [5, 5.41) is 11.3. The molecule has 20 heavy (non-hydrogen) atoms. The normalized spacial score (nSPS) is 11.2. The number of amides is 1. The van der Waals surface area contributed by atoms with Crippen LogP contribution in [0.25, 0.3) is 0 Å². The average molecular weight is 280 g/mol. The zero-order valence-corrected chi connectivity index (χ0v) is 11.0. The molecule has 0 fully saturated rings. The smallest absolute Gasteiger partial charge is 0.408 e. The average Bonchev–Trinajstić information content (AvgIpc) is 2.45. The minimum atomic E-state index is -1.16. The summed E-state index contributed by atoms with van der Waals surface area (Å²) in [6.45, 7) is 3.41. The fourth-order valence-corrected chi connectivity index (χ4v) is 1.41. The Balaban J connectivity index is 2.64. The third-order valence-electron chi connectivity index (χ3n) is 2.37. The number of carbonyl (C=O) groups excluding carboxylic acids is 1. The van der Waals surface area contributed by atoms with Crippen molar-refractivity contribution < 1.29 is 24.2 Å². The van der Waals surface area contributed by atoms with Gasteiger partial charge in [0.05, 0.1) is 7.11 Å². The summed E-state index contributed by atoms with van der Waals surface area (Å²) in [5.41, 5.74) is 0.655. The molecule has 1 amide bonds. The van der Waals surface area contributed by atoms with Crippen LogP contribution in [-0.2, 0) is 16.0 Å². The molecule has 0 saturated carbocycles. The van der Waals surface area contributed by atoms with E-state index in [1.54, 1.807) is 12.1 Å². The highest BCUT2D eigenvalue weighted by Crippen LogP contribution is 2.09. The highest BCUT2D eigenvalue weighted by atomic mass is 16.5. The molecule has 1 aromatic heterocycles. The lowest BCUT2D eigenvalue weighted by molar-refractivity contribution is -0.139. The van der Waals surface area contributed by atoms with E-state index in [2.05, 4.69) is 21.6 Å². The van der Waals surface area contributed by atoms with Crippen molar-refractivity contribution >= 4 is 12.1 Å². The van der Waals surface area contributed by atoms with E-state index in [9.17, 15) is 9.59 Å². The highest BCUT2D eigenvalue weighted by Gasteiger charge is 2.21. The van der Waals surface area contributed by atoms with Crippen LogP contribution < -0.4 is 10.1 Å². The molecular formula is C13H16N2O5. The summed E-state index contributed by atoms with van der Waals surface area (Å²) in [6.07, 6.45) is 2.17. The molecule has 1 aromatic rings. The molecule has 108 valence electrons. The van der Waals surface area contributed by atoms with E-state index in [-0.39, 0.29) is 13.0 Å². The van der Waals surface area contributed by atoms with Crippen molar-refractivity contribution in [2.75, 3.05) is 13.7 Å². The maximum Gasteiger partial charge on any atom is 0.408 e. The van der Waals surface area contributed by atoms with Crippen LogP contribution in [0.15, 0.2) is 31.0 Å². The molecule has 1 atom stereocenters. The van der Waals surface area contributed by atoms with Gasteiger partial charge in [-0.15, -0.1) is 0 Å². The van der Waals surface area contributed by atoms with Gasteiger partial charge in [0, 0.05) is 18.7 Å². The summed E-state index contributed by atoms with van der Waals surface area (Å²) in [4.78, 5) is 26.4. The number of rotatable bonds is 7. The summed E-state index contributed by atoms with van der Waals surface area (Å²) in [7, 11) is 1.49. The molecular weight excluding hydrogens is 264 g/mol. The van der Waals surface area contributed by atoms with Gasteiger partial charge in [-0.25, -0.2) is 14.6 Å². The molecule has 0 aliphatic carbocycles. The number of ether oxygens (including phenoxy) is 2. The molecule has 7 nitrogen and oxygen atoms in total. The Morgan fingerprint density at radius 3 is 2.80 bits per heavy atom. The number of carboxylic acids is 1. The number of aromatic nitrogens is 1. The van der Waals surface area contributed by atoms with Crippen LogP contribution in [0.5, 0.6) is 5.88 Å². The number of pyridine rings is 1. The molecule has 0 unspecified atom stereocenters. The van der Waals surface area contributed by atoms with E-state index >= 15 is 0 Å². The SMILES string of the molecule is C=CCOC(=O)N[C@@H](Cc1ccc(OC)nc1)C(=O)O. The first-order chi connectivity index (χ1) is 9.56. The van der Waals surface area contributed by atoms with Gasteiger partial charge in [-0.1, -0.05) is 18.7 Å². The van der Waals surface area contributed by atoms with Crippen LogP contribution >= 0.6 is 0 Å². The van der Waals surface area contributed by atoms with Gasteiger partial charge in [0.15, 0.2) is 0 Å². The number of aliphatic carboxylic acids is 1. The van der Waals surface area contributed by atoms with Gasteiger partial charge in [0.25, 0.3) is 0 Å². The fourth-order valence-electron chi connectivity index (χ4n) is 1.41. The van der Waals surface area contributed by atoms with Crippen molar-refractivity contribution in [3.05, 3.63) is 36.5 Å². The molecule has 7 heteroatoms. The Hall–Kier alpha value is -2.57. The number of methoxy groups -OCH3 is 1. The number of hydrogen-bond acceptors (Lipinski definition) is 5. The van der Waals surface area contributed by atoms with Crippen LogP contribution in [-0.4, -0.2) is 41.9 Å². The summed E-state index contributed by atoms with van der Waals surface area (Å²) < 4.78 is 9.58. The topological polar surface area (TPSA) is 97.8 Å². The second-order valence-electron chi connectivity index (χ2n) is 3.84. The summed E-state index contributed by atoms with van der Waals surface area (Å²) in [5.74, 6) is -0.727. The summed E-state index contributed by atoms with van der Waals surface area (Å²) >= 11 is 0. The minimum absolute atomic E-state index is 0.0161. The van der Waals surface area contributed by atoms with Gasteiger partial charge in [-0.3, -0.25) is 0 Å². The minimum Gasteiger partial charge on any atom is -0.481 e. The number of nitrogens with one attached hydrogen (secondary N) is 1. The Morgan fingerprint density at radius 1 is 1.55 bits per heavy atom. The van der Waals surface area contributed by atoms with Crippen molar-refractivity contribution in [2.24, 2.45) is 0 Å². The van der Waals surface area contributed by atoms with E-state index in [4.69, 9.17) is 9.84 Å². The van der Waals surface area contributed by atoms with Crippen molar-refractivity contribution in [3.8, 4) is 5.88 Å². The van der Waals surface area contributed by atoms with E-state index in [1.165, 1.54) is 19.4 Å². The lowest BCUT2D eigenvalue weighted by Crippen LogP contribution is -2.42. The van der Waals surface area contributed by atoms with Gasteiger partial charge in [0.2, 0.25) is 5.88 Å². The first-order valence-corrected chi connectivity index (χ1v) is 5.82. The standard InChI is InChI=1S/C13H16N2O5/c1-3-6-20-13(18)15-10(12(16)17)7-9-4-5-11(19-2)14-8-9/h3-5,8,10H,1,6-7H2,2H3,(H,15,18)(H,16,17)/t10-/m0/s1. The Kier molecular flexibility index (Phi) is 6.02. The van der Waals surface area contributed by atoms with Crippen LogP contribution in [0, 0.1) is 0 Å². The monoisotopic (exact) mass is 280 g/mol. The van der Waals surface area contributed by atoms with Crippen LogP contribution in [0.1, 0.15) is 5.56 Å². The van der Waals surface area contributed by atoms with Gasteiger partial charge in [0.1, 0.15) is 12.6 Å². The third kappa shape index (κ3) is 4.97. The van der Waals surface area contributed by atoms with Crippen molar-refractivity contribution in [3.63, 3.8) is 0 Å². The maximum absolute atomic E-state index is 11.3. The van der Waals surface area contributed by atoms with Gasteiger partial charge < -0.3 is 19.9 Å². The molecule has 1 rings (SSSR count). The quantitative estimate of drug-likeness (QED) is 0.723. The van der Waals surface area contributed by atoms with Gasteiger partial charge in [-0.05, 0) is 5.56 Å². The van der Waals surface area contributed by atoms with Crippen LogP contribution in [0.4, 0.5) is 4.79 Å². The predicted molar refractivity (Wildman–Crippen MR) is 70.6 cm³/mol. The van der Waals surface area contributed by atoms with E-state index in [0.717, 1.165) is 0 Å². The number of alkyl carbamates (subject to hydrolysis) is 1. The largest absolute Gasteiger partial charge is 0.481 e. The van der Waals surface area contributed by atoms with Crippen LogP contribution in [0.2, 0.25) is 0 Å². The lowest BCUT2D eigenvalue weighted by Gasteiger charge is -2.14. The molecule has 0 aromatic carbocycles. The van der Waals surface area contributed by atoms with Crippen molar-refractivity contribution in [1.29, 1.82) is 0 Å². The lowest BCUT2D eigenvalue weighted by atomic mass is 10.1. The fraction of sp³-hybridized carbons (Fsp3) is 0.308. The molecule has 0 radical (unpaired) electrons. The molecule has 0 bridgehead atoms. The third-order valence-corrected chi connectivity index (χ3v) is 2.37. The van der Waals surface area contributed by atoms with Gasteiger partial charge >= 0.3 is 12.1 Å². The van der Waals surface area contributed by atoms with E-state index < -0.39 is 18.1 Å². The predicted octanol–water partition coefficient (Wildman–Crippen LogP) is 0.998.